The lowest BCUT2D eigenvalue weighted by Crippen LogP contribution is -3.19. The number of benzene rings is 1. The van der Waals surface area contributed by atoms with Crippen LogP contribution in [-0.2, 0) is 4.79 Å². The third-order valence-corrected chi connectivity index (χ3v) is 4.27. The van der Waals surface area contributed by atoms with E-state index in [0.29, 0.717) is 13.2 Å². The number of hydrogen-bond donors (Lipinski definition) is 2. The van der Waals surface area contributed by atoms with Crippen molar-refractivity contribution in [1.82, 2.24) is 5.32 Å². The first-order chi connectivity index (χ1) is 10.7. The minimum absolute atomic E-state index is 0.0178. The van der Waals surface area contributed by atoms with Gasteiger partial charge in [-0.05, 0) is 32.9 Å². The number of carbonyl (C=O) groups is 1. The lowest BCUT2D eigenvalue weighted by atomic mass is 10.2. The zero-order valence-electron chi connectivity index (χ0n) is 13.9. The van der Waals surface area contributed by atoms with E-state index in [1.807, 2.05) is 32.9 Å². The molecule has 22 heavy (non-hydrogen) atoms. The van der Waals surface area contributed by atoms with Gasteiger partial charge in [0.1, 0.15) is 5.75 Å². The highest BCUT2D eigenvalue weighted by atomic mass is 16.5. The predicted molar refractivity (Wildman–Crippen MR) is 88.7 cm³/mol. The van der Waals surface area contributed by atoms with E-state index in [4.69, 9.17) is 4.74 Å². The van der Waals surface area contributed by atoms with Crippen molar-refractivity contribution in [2.75, 3.05) is 44.2 Å². The Hall–Kier alpha value is -1.75. The Morgan fingerprint density at radius 2 is 2.00 bits per heavy atom. The van der Waals surface area contributed by atoms with Crippen LogP contribution in [0, 0.1) is 0 Å². The van der Waals surface area contributed by atoms with E-state index in [9.17, 15) is 4.79 Å². The summed E-state index contributed by atoms with van der Waals surface area (Å²) in [5, 5.41) is 2.92. The third-order valence-electron chi connectivity index (χ3n) is 4.27. The summed E-state index contributed by atoms with van der Waals surface area (Å²) >= 11 is 0. The van der Waals surface area contributed by atoms with Crippen LogP contribution in [0.4, 0.5) is 5.69 Å². The van der Waals surface area contributed by atoms with Crippen molar-refractivity contribution in [3.8, 4) is 5.75 Å². The van der Waals surface area contributed by atoms with Gasteiger partial charge in [-0.25, -0.2) is 0 Å². The lowest BCUT2D eigenvalue weighted by molar-refractivity contribution is -0.914. The molecule has 2 rings (SSSR count). The number of para-hydroxylation sites is 2. The summed E-state index contributed by atoms with van der Waals surface area (Å²) in [6, 6.07) is 8.21. The fourth-order valence-corrected chi connectivity index (χ4v) is 2.98. The first kappa shape index (κ1) is 16.6. The summed E-state index contributed by atoms with van der Waals surface area (Å²) < 4.78 is 5.72. The van der Waals surface area contributed by atoms with Crippen LogP contribution in [0.3, 0.4) is 0 Å². The Labute approximate surface area is 133 Å². The molecule has 2 N–H and O–H groups in total. The maximum atomic E-state index is 12.0. The molecule has 122 valence electrons. The van der Waals surface area contributed by atoms with Crippen molar-refractivity contribution in [2.24, 2.45) is 0 Å². The Morgan fingerprint density at radius 1 is 1.32 bits per heavy atom. The Balaban J connectivity index is 1.96. The van der Waals surface area contributed by atoms with Gasteiger partial charge in [0.2, 0.25) is 0 Å². The van der Waals surface area contributed by atoms with E-state index in [1.54, 1.807) is 0 Å². The molecule has 1 atom stereocenters. The largest absolute Gasteiger partial charge is 0.492 e. The molecule has 1 amide bonds. The van der Waals surface area contributed by atoms with E-state index in [2.05, 4.69) is 22.3 Å². The molecule has 0 saturated carbocycles. The molecule has 1 aliphatic rings. The van der Waals surface area contributed by atoms with E-state index in [0.717, 1.165) is 37.6 Å². The summed E-state index contributed by atoms with van der Waals surface area (Å²) in [6.07, 6.45) is 0. The van der Waals surface area contributed by atoms with Crippen LogP contribution >= 0.6 is 0 Å². The van der Waals surface area contributed by atoms with Gasteiger partial charge in [-0.15, -0.1) is 0 Å². The minimum Gasteiger partial charge on any atom is -0.492 e. The number of ether oxygens (including phenoxy) is 1. The van der Waals surface area contributed by atoms with Gasteiger partial charge >= 0.3 is 0 Å². The van der Waals surface area contributed by atoms with Crippen LogP contribution in [0.2, 0.25) is 0 Å². The second kappa shape index (κ2) is 8.03. The molecule has 1 aliphatic heterocycles. The summed E-state index contributed by atoms with van der Waals surface area (Å²) in [5.41, 5.74) is 1.16. The van der Waals surface area contributed by atoms with Gasteiger partial charge in [-0.2, -0.15) is 0 Å². The number of amides is 1. The fourth-order valence-electron chi connectivity index (χ4n) is 2.98. The van der Waals surface area contributed by atoms with E-state index in [-0.39, 0.29) is 11.9 Å². The normalized spacial score (nSPS) is 17.1. The summed E-state index contributed by atoms with van der Waals surface area (Å²) in [7, 11) is 0. The third kappa shape index (κ3) is 3.91. The smallest absolute Gasteiger partial charge is 0.278 e. The van der Waals surface area contributed by atoms with Crippen LogP contribution in [0.1, 0.15) is 20.8 Å². The van der Waals surface area contributed by atoms with Crippen LogP contribution in [0.5, 0.6) is 5.75 Å². The first-order valence-corrected chi connectivity index (χ1v) is 8.26. The van der Waals surface area contributed by atoms with Crippen molar-refractivity contribution in [1.29, 1.82) is 0 Å². The number of rotatable bonds is 6. The molecule has 1 aromatic rings. The highest BCUT2D eigenvalue weighted by Crippen LogP contribution is 2.27. The maximum absolute atomic E-state index is 12.0. The summed E-state index contributed by atoms with van der Waals surface area (Å²) in [6.45, 7) is 11.2. The quantitative estimate of drug-likeness (QED) is 0.795. The van der Waals surface area contributed by atoms with Gasteiger partial charge in [0.15, 0.2) is 6.04 Å². The number of nitrogens with zero attached hydrogens (tertiary/aromatic N) is 1. The van der Waals surface area contributed by atoms with Gasteiger partial charge < -0.3 is 19.9 Å². The topological polar surface area (TPSA) is 46.0 Å². The predicted octanol–water partition coefficient (Wildman–Crippen LogP) is 0.315. The van der Waals surface area contributed by atoms with Gasteiger partial charge in [0, 0.05) is 6.54 Å². The van der Waals surface area contributed by atoms with Crippen molar-refractivity contribution in [3.05, 3.63) is 24.3 Å². The highest BCUT2D eigenvalue weighted by molar-refractivity contribution is 5.79. The second-order valence-electron chi connectivity index (χ2n) is 5.66. The summed E-state index contributed by atoms with van der Waals surface area (Å²) in [5.74, 6) is 1.10. The summed E-state index contributed by atoms with van der Waals surface area (Å²) in [4.78, 5) is 15.7. The van der Waals surface area contributed by atoms with Crippen LogP contribution < -0.4 is 19.9 Å². The van der Waals surface area contributed by atoms with E-state index >= 15 is 0 Å². The van der Waals surface area contributed by atoms with E-state index in [1.165, 1.54) is 4.90 Å². The highest BCUT2D eigenvalue weighted by Gasteiger charge is 2.29. The molecule has 0 aliphatic carbocycles. The van der Waals surface area contributed by atoms with E-state index < -0.39 is 0 Å². The number of piperazine rings is 1. The van der Waals surface area contributed by atoms with Crippen LogP contribution in [0.15, 0.2) is 24.3 Å². The van der Waals surface area contributed by atoms with Crippen molar-refractivity contribution in [2.45, 2.75) is 26.8 Å². The average Bonchev–Trinajstić information content (AvgIpc) is 2.55. The monoisotopic (exact) mass is 306 g/mol. The second-order valence-corrected chi connectivity index (χ2v) is 5.66. The number of quaternary nitrogens is 1. The molecular weight excluding hydrogens is 278 g/mol. The molecule has 0 aromatic heterocycles. The van der Waals surface area contributed by atoms with Crippen LogP contribution in [-0.4, -0.2) is 51.3 Å². The molecule has 5 nitrogen and oxygen atoms in total. The van der Waals surface area contributed by atoms with Crippen LogP contribution in [0.25, 0.3) is 0 Å². The van der Waals surface area contributed by atoms with Crippen molar-refractivity contribution in [3.63, 3.8) is 0 Å². The average molecular weight is 306 g/mol. The number of carbonyl (C=O) groups excluding carboxylic acids is 1. The fraction of sp³-hybridized carbons (Fsp3) is 0.588. The Bertz CT molecular complexity index is 485. The number of nitrogens with one attached hydrogen (secondary N) is 2. The number of anilines is 1. The Kier molecular flexibility index (Phi) is 6.07. The lowest BCUT2D eigenvalue weighted by Gasteiger charge is -2.36. The maximum Gasteiger partial charge on any atom is 0.278 e. The minimum atomic E-state index is 0.0178. The molecule has 0 radical (unpaired) electrons. The number of hydrogen-bond acceptors (Lipinski definition) is 3. The van der Waals surface area contributed by atoms with Crippen molar-refractivity contribution < 1.29 is 14.4 Å². The molecule has 5 heteroatoms. The SMILES string of the molecule is CCNC(=O)[C@@H](C)[NH+]1CCN(c2ccccc2OCC)CC1. The molecule has 1 aromatic carbocycles. The van der Waals surface area contributed by atoms with Gasteiger partial charge in [0.05, 0.1) is 38.5 Å². The van der Waals surface area contributed by atoms with Gasteiger partial charge in [-0.3, -0.25) is 4.79 Å². The molecule has 1 saturated heterocycles. The zero-order valence-corrected chi connectivity index (χ0v) is 13.9. The molecule has 1 fully saturated rings. The molecule has 0 bridgehead atoms. The molecule has 0 unspecified atom stereocenters. The Morgan fingerprint density at radius 3 is 2.64 bits per heavy atom. The molecular formula is C17H28N3O2+. The first-order valence-electron chi connectivity index (χ1n) is 8.26. The van der Waals surface area contributed by atoms with Gasteiger partial charge in [-0.1, -0.05) is 12.1 Å². The molecule has 1 heterocycles. The van der Waals surface area contributed by atoms with Crippen molar-refractivity contribution >= 4 is 11.6 Å². The standard InChI is InChI=1S/C17H27N3O2/c1-4-18-17(21)14(3)19-10-12-20(13-11-19)15-8-6-7-9-16(15)22-5-2/h6-9,14H,4-5,10-13H2,1-3H3,(H,18,21)/p+1/t14-/m1/s1. The molecule has 0 spiro atoms. The zero-order chi connectivity index (χ0) is 15.9. The number of likely N-dealkylation sites (N-methyl/N-ethyl adjacent to an activating group) is 1. The van der Waals surface area contributed by atoms with Gasteiger partial charge in [0.25, 0.3) is 5.91 Å².